The molecule has 0 aromatic heterocycles. The molecule has 0 aromatic rings. The Labute approximate surface area is 83.9 Å². The summed E-state index contributed by atoms with van der Waals surface area (Å²) in [6.45, 7) is 4.04. The molecular formula is C10H17NO3. The zero-order chi connectivity index (χ0) is 10.6. The number of nitrogens with zero attached hydrogens (tertiary/aromatic N) is 1. The maximum Gasteiger partial charge on any atom is 0.344 e. The van der Waals surface area contributed by atoms with Gasteiger partial charge in [-0.05, 0) is 31.1 Å². The van der Waals surface area contributed by atoms with E-state index in [2.05, 4.69) is 19.0 Å². The van der Waals surface area contributed by atoms with Crippen molar-refractivity contribution in [3.05, 3.63) is 0 Å². The van der Waals surface area contributed by atoms with Crippen molar-refractivity contribution in [1.29, 1.82) is 0 Å². The standard InChI is InChI=1S/C10H17NO3/c1-10(2)5-3-4-8(6-10)11-14-7-9(12)13/h3-7H2,1-2H3,(H,12,13). The molecule has 1 aliphatic rings. The van der Waals surface area contributed by atoms with Crippen molar-refractivity contribution < 1.29 is 14.7 Å². The van der Waals surface area contributed by atoms with Gasteiger partial charge < -0.3 is 9.94 Å². The first-order chi connectivity index (χ1) is 6.49. The van der Waals surface area contributed by atoms with E-state index in [9.17, 15) is 4.79 Å². The van der Waals surface area contributed by atoms with Gasteiger partial charge in [0.1, 0.15) is 0 Å². The van der Waals surface area contributed by atoms with Crippen molar-refractivity contribution in [2.45, 2.75) is 39.5 Å². The molecule has 0 atom stereocenters. The number of hydrogen-bond acceptors (Lipinski definition) is 3. The highest BCUT2D eigenvalue weighted by molar-refractivity contribution is 5.85. The molecule has 0 bridgehead atoms. The predicted octanol–water partition coefficient (Wildman–Crippen LogP) is 2.04. The maximum atomic E-state index is 10.2. The molecule has 0 saturated heterocycles. The van der Waals surface area contributed by atoms with Crippen molar-refractivity contribution in [1.82, 2.24) is 0 Å². The van der Waals surface area contributed by atoms with Gasteiger partial charge in [-0.1, -0.05) is 19.0 Å². The highest BCUT2D eigenvalue weighted by Gasteiger charge is 2.25. The molecule has 1 fully saturated rings. The molecule has 1 aliphatic carbocycles. The van der Waals surface area contributed by atoms with Crippen molar-refractivity contribution in [3.8, 4) is 0 Å². The Hall–Kier alpha value is -1.06. The van der Waals surface area contributed by atoms with Crippen LogP contribution in [-0.2, 0) is 9.63 Å². The Morgan fingerprint density at radius 2 is 2.36 bits per heavy atom. The molecule has 0 radical (unpaired) electrons. The number of hydrogen-bond donors (Lipinski definition) is 1. The second-order valence-electron chi connectivity index (χ2n) is 4.52. The predicted molar refractivity (Wildman–Crippen MR) is 53.3 cm³/mol. The largest absolute Gasteiger partial charge is 0.479 e. The third kappa shape index (κ3) is 3.77. The highest BCUT2D eigenvalue weighted by atomic mass is 16.6. The van der Waals surface area contributed by atoms with Crippen LogP contribution < -0.4 is 0 Å². The molecular weight excluding hydrogens is 182 g/mol. The molecule has 0 amide bonds. The van der Waals surface area contributed by atoms with E-state index in [-0.39, 0.29) is 12.0 Å². The van der Waals surface area contributed by atoms with Gasteiger partial charge in [0.15, 0.2) is 0 Å². The molecule has 1 rings (SSSR count). The first-order valence-corrected chi connectivity index (χ1v) is 4.89. The number of carboxylic acids is 1. The minimum absolute atomic E-state index is 0.281. The number of oxime groups is 1. The van der Waals surface area contributed by atoms with Crippen LogP contribution in [0.25, 0.3) is 0 Å². The van der Waals surface area contributed by atoms with Crippen LogP contribution >= 0.6 is 0 Å². The number of carboxylic acid groups (broad SMARTS) is 1. The highest BCUT2D eigenvalue weighted by Crippen LogP contribution is 2.33. The van der Waals surface area contributed by atoms with Crippen molar-refractivity contribution in [3.63, 3.8) is 0 Å². The van der Waals surface area contributed by atoms with Gasteiger partial charge in [-0.3, -0.25) is 0 Å². The van der Waals surface area contributed by atoms with Gasteiger partial charge in [-0.2, -0.15) is 0 Å². The second-order valence-corrected chi connectivity index (χ2v) is 4.52. The summed E-state index contributed by atoms with van der Waals surface area (Å²) in [5.41, 5.74) is 1.27. The summed E-state index contributed by atoms with van der Waals surface area (Å²) in [7, 11) is 0. The summed E-state index contributed by atoms with van der Waals surface area (Å²) in [5, 5.41) is 12.2. The van der Waals surface area contributed by atoms with Crippen molar-refractivity contribution >= 4 is 11.7 Å². The average molecular weight is 199 g/mol. The van der Waals surface area contributed by atoms with Gasteiger partial charge in [-0.15, -0.1) is 0 Å². The van der Waals surface area contributed by atoms with E-state index in [0.717, 1.165) is 25.0 Å². The van der Waals surface area contributed by atoms with Crippen LogP contribution in [0.2, 0.25) is 0 Å². The van der Waals surface area contributed by atoms with Gasteiger partial charge in [-0.25, -0.2) is 4.79 Å². The topological polar surface area (TPSA) is 58.9 Å². The third-order valence-electron chi connectivity index (χ3n) is 2.38. The fraction of sp³-hybridized carbons (Fsp3) is 0.800. The normalized spacial score (nSPS) is 23.4. The zero-order valence-corrected chi connectivity index (χ0v) is 8.75. The third-order valence-corrected chi connectivity index (χ3v) is 2.38. The lowest BCUT2D eigenvalue weighted by Gasteiger charge is -2.29. The summed E-state index contributed by atoms with van der Waals surface area (Å²) in [4.78, 5) is 14.9. The number of aliphatic carboxylic acids is 1. The molecule has 0 spiro atoms. The van der Waals surface area contributed by atoms with Crippen LogP contribution in [0.4, 0.5) is 0 Å². The number of rotatable bonds is 3. The maximum absolute atomic E-state index is 10.2. The van der Waals surface area contributed by atoms with E-state index in [1.807, 2.05) is 0 Å². The van der Waals surface area contributed by atoms with Crippen LogP contribution in [0.3, 0.4) is 0 Å². The van der Waals surface area contributed by atoms with Crippen LogP contribution in [0.15, 0.2) is 5.16 Å². The van der Waals surface area contributed by atoms with E-state index in [1.165, 1.54) is 6.42 Å². The van der Waals surface area contributed by atoms with E-state index < -0.39 is 5.97 Å². The lowest BCUT2D eigenvalue weighted by atomic mass is 9.77. The lowest BCUT2D eigenvalue weighted by Crippen LogP contribution is -2.23. The Kier molecular flexibility index (Phi) is 3.49. The smallest absolute Gasteiger partial charge is 0.344 e. The van der Waals surface area contributed by atoms with E-state index in [0.29, 0.717) is 0 Å². The molecule has 1 N–H and O–H groups in total. The summed E-state index contributed by atoms with van der Waals surface area (Å²) in [6, 6.07) is 0. The Morgan fingerprint density at radius 3 is 2.93 bits per heavy atom. The molecule has 14 heavy (non-hydrogen) atoms. The first-order valence-electron chi connectivity index (χ1n) is 4.89. The number of carbonyl (C=O) groups is 1. The molecule has 80 valence electrons. The van der Waals surface area contributed by atoms with E-state index in [1.54, 1.807) is 0 Å². The first kappa shape index (κ1) is 11.0. The Morgan fingerprint density at radius 1 is 1.64 bits per heavy atom. The van der Waals surface area contributed by atoms with Crippen LogP contribution in [0.5, 0.6) is 0 Å². The van der Waals surface area contributed by atoms with Gasteiger partial charge >= 0.3 is 5.97 Å². The minimum Gasteiger partial charge on any atom is -0.479 e. The van der Waals surface area contributed by atoms with E-state index >= 15 is 0 Å². The van der Waals surface area contributed by atoms with Crippen LogP contribution in [0, 0.1) is 5.41 Å². The average Bonchev–Trinajstić information content (AvgIpc) is 2.01. The Balaban J connectivity index is 2.40. The SMILES string of the molecule is CC1(C)CCCC(=NOCC(=O)O)C1. The summed E-state index contributed by atoms with van der Waals surface area (Å²) in [6.07, 6.45) is 4.16. The van der Waals surface area contributed by atoms with Crippen LogP contribution in [0.1, 0.15) is 39.5 Å². The molecule has 0 unspecified atom stereocenters. The fourth-order valence-electron chi connectivity index (χ4n) is 1.76. The molecule has 4 heteroatoms. The molecule has 1 saturated carbocycles. The minimum atomic E-state index is -0.982. The van der Waals surface area contributed by atoms with Crippen LogP contribution in [-0.4, -0.2) is 23.4 Å². The monoisotopic (exact) mass is 199 g/mol. The van der Waals surface area contributed by atoms with Gasteiger partial charge in [0.05, 0.1) is 5.71 Å². The van der Waals surface area contributed by atoms with Gasteiger partial charge in [0, 0.05) is 0 Å². The van der Waals surface area contributed by atoms with Gasteiger partial charge in [0.2, 0.25) is 6.61 Å². The fourth-order valence-corrected chi connectivity index (χ4v) is 1.76. The van der Waals surface area contributed by atoms with Crippen molar-refractivity contribution in [2.24, 2.45) is 10.6 Å². The zero-order valence-electron chi connectivity index (χ0n) is 8.75. The van der Waals surface area contributed by atoms with Gasteiger partial charge in [0.25, 0.3) is 0 Å². The summed E-state index contributed by atoms with van der Waals surface area (Å²) in [5.74, 6) is -0.982. The second kappa shape index (κ2) is 4.44. The summed E-state index contributed by atoms with van der Waals surface area (Å²) < 4.78 is 0. The summed E-state index contributed by atoms with van der Waals surface area (Å²) >= 11 is 0. The molecule has 0 aromatic carbocycles. The lowest BCUT2D eigenvalue weighted by molar-refractivity contribution is -0.142. The molecule has 4 nitrogen and oxygen atoms in total. The molecule has 0 aliphatic heterocycles. The molecule has 0 heterocycles. The quantitative estimate of drug-likeness (QED) is 0.707. The van der Waals surface area contributed by atoms with E-state index in [4.69, 9.17) is 9.94 Å². The van der Waals surface area contributed by atoms with Crippen molar-refractivity contribution in [2.75, 3.05) is 6.61 Å². The Bertz CT molecular complexity index is 246.